The number of rotatable bonds is 5. The maximum Gasteiger partial charge on any atom is 0.135 e. The van der Waals surface area contributed by atoms with E-state index in [1.165, 1.54) is 31.2 Å². The van der Waals surface area contributed by atoms with Gasteiger partial charge in [0, 0.05) is 37.7 Å². The molecule has 0 amide bonds. The Hall–Kier alpha value is -1.65. The summed E-state index contributed by atoms with van der Waals surface area (Å²) in [7, 11) is 0. The highest BCUT2D eigenvalue weighted by molar-refractivity contribution is 6.29. The molecule has 1 aliphatic carbocycles. The lowest BCUT2D eigenvalue weighted by Gasteiger charge is -2.34. The number of hydrogen-bond donors (Lipinski definition) is 1. The molecular formula is C19H23ClN4. The lowest BCUT2D eigenvalue weighted by Crippen LogP contribution is -2.45. The van der Waals surface area contributed by atoms with E-state index in [2.05, 4.69) is 45.5 Å². The van der Waals surface area contributed by atoms with E-state index in [1.54, 1.807) is 0 Å². The molecule has 1 aromatic carbocycles. The lowest BCUT2D eigenvalue weighted by molar-refractivity contribution is 0.420. The zero-order valence-corrected chi connectivity index (χ0v) is 14.5. The Balaban J connectivity index is 1.41. The molecule has 0 radical (unpaired) electrons. The van der Waals surface area contributed by atoms with Gasteiger partial charge in [-0.25, -0.2) is 9.97 Å². The summed E-state index contributed by atoms with van der Waals surface area (Å²) in [6.07, 6.45) is 4.77. The van der Waals surface area contributed by atoms with Gasteiger partial charge in [-0.05, 0) is 31.2 Å². The van der Waals surface area contributed by atoms with Crippen LogP contribution in [0.2, 0.25) is 5.15 Å². The van der Waals surface area contributed by atoms with Gasteiger partial charge in [0.25, 0.3) is 0 Å². The average molecular weight is 343 g/mol. The molecular weight excluding hydrogens is 320 g/mol. The Morgan fingerprint density at radius 3 is 2.75 bits per heavy atom. The molecule has 1 N–H and O–H groups in total. The molecule has 1 aliphatic heterocycles. The zero-order chi connectivity index (χ0) is 16.4. The van der Waals surface area contributed by atoms with Crippen molar-refractivity contribution in [1.82, 2.24) is 15.3 Å². The normalized spacial score (nSPS) is 21.0. The number of hydrogen-bond acceptors (Lipinski definition) is 4. The summed E-state index contributed by atoms with van der Waals surface area (Å²) in [6, 6.07) is 13.0. The van der Waals surface area contributed by atoms with Gasteiger partial charge in [0.15, 0.2) is 0 Å². The summed E-state index contributed by atoms with van der Waals surface area (Å²) in [5, 5.41) is 4.25. The number of nitrogens with one attached hydrogen (secondary N) is 1. The Labute approximate surface area is 148 Å². The minimum absolute atomic E-state index is 0.483. The number of benzene rings is 1. The van der Waals surface area contributed by atoms with Gasteiger partial charge >= 0.3 is 0 Å². The largest absolute Gasteiger partial charge is 0.355 e. The summed E-state index contributed by atoms with van der Waals surface area (Å²) in [4.78, 5) is 11.5. The fourth-order valence-corrected chi connectivity index (χ4v) is 3.50. The van der Waals surface area contributed by atoms with E-state index >= 15 is 0 Å². The first-order chi connectivity index (χ1) is 11.8. The van der Waals surface area contributed by atoms with Crippen molar-refractivity contribution in [3.63, 3.8) is 0 Å². The van der Waals surface area contributed by atoms with E-state index < -0.39 is 0 Å². The van der Waals surface area contributed by atoms with Crippen LogP contribution in [0.1, 0.15) is 43.0 Å². The smallest absolute Gasteiger partial charge is 0.135 e. The molecule has 1 saturated heterocycles. The third-order valence-corrected chi connectivity index (χ3v) is 5.02. The van der Waals surface area contributed by atoms with E-state index in [0.717, 1.165) is 31.3 Å². The first kappa shape index (κ1) is 15.9. The molecule has 0 spiro atoms. The number of halogens is 1. The van der Waals surface area contributed by atoms with Crippen LogP contribution < -0.4 is 10.2 Å². The standard InChI is InChI=1S/C19H23ClN4/c20-17-11-18(23-19(22-17)15-8-9-15)24-10-4-7-16(13-24)21-12-14-5-2-1-3-6-14/h1-3,5-6,11,15-16,21H,4,7-10,12-13H2. The van der Waals surface area contributed by atoms with Crippen molar-refractivity contribution in [3.05, 3.63) is 52.9 Å². The van der Waals surface area contributed by atoms with E-state index in [4.69, 9.17) is 16.6 Å². The SMILES string of the molecule is Clc1cc(N2CCCC(NCc3ccccc3)C2)nc(C2CC2)n1. The molecule has 1 atom stereocenters. The molecule has 2 fully saturated rings. The van der Waals surface area contributed by atoms with Crippen LogP contribution in [0.5, 0.6) is 0 Å². The third kappa shape index (κ3) is 3.87. The van der Waals surface area contributed by atoms with Crippen LogP contribution in [0.4, 0.5) is 5.82 Å². The van der Waals surface area contributed by atoms with Crippen molar-refractivity contribution in [2.45, 2.75) is 44.2 Å². The first-order valence-electron chi connectivity index (χ1n) is 8.84. The summed E-state index contributed by atoms with van der Waals surface area (Å²) < 4.78 is 0. The van der Waals surface area contributed by atoms with Crippen LogP contribution in [0, 0.1) is 0 Å². The number of aromatic nitrogens is 2. The molecule has 4 nitrogen and oxygen atoms in total. The monoisotopic (exact) mass is 342 g/mol. The Kier molecular flexibility index (Phi) is 4.67. The van der Waals surface area contributed by atoms with Crippen molar-refractivity contribution in [1.29, 1.82) is 0 Å². The van der Waals surface area contributed by atoms with Crippen LogP contribution in [0.25, 0.3) is 0 Å². The summed E-state index contributed by atoms with van der Waals surface area (Å²) in [5.41, 5.74) is 1.33. The molecule has 1 aromatic heterocycles. The Morgan fingerprint density at radius 1 is 1.12 bits per heavy atom. The fraction of sp³-hybridized carbons (Fsp3) is 0.474. The molecule has 2 heterocycles. The zero-order valence-electron chi connectivity index (χ0n) is 13.8. The fourth-order valence-electron chi connectivity index (χ4n) is 3.32. The van der Waals surface area contributed by atoms with Crippen LogP contribution in [0.3, 0.4) is 0 Å². The van der Waals surface area contributed by atoms with Crippen molar-refractivity contribution in [2.75, 3.05) is 18.0 Å². The maximum atomic E-state index is 6.23. The molecule has 2 aliphatic rings. The van der Waals surface area contributed by atoms with Crippen LogP contribution in [-0.2, 0) is 6.54 Å². The van der Waals surface area contributed by atoms with Gasteiger partial charge in [0.1, 0.15) is 16.8 Å². The summed E-state index contributed by atoms with van der Waals surface area (Å²) >= 11 is 6.23. The molecule has 0 bridgehead atoms. The van der Waals surface area contributed by atoms with Crippen LogP contribution in [-0.4, -0.2) is 29.1 Å². The second-order valence-electron chi connectivity index (χ2n) is 6.83. The maximum absolute atomic E-state index is 6.23. The number of piperidine rings is 1. The van der Waals surface area contributed by atoms with E-state index in [-0.39, 0.29) is 0 Å². The Morgan fingerprint density at radius 2 is 1.96 bits per heavy atom. The molecule has 2 aromatic rings. The van der Waals surface area contributed by atoms with Crippen molar-refractivity contribution in [2.24, 2.45) is 0 Å². The molecule has 1 unspecified atom stereocenters. The van der Waals surface area contributed by atoms with Gasteiger partial charge in [-0.2, -0.15) is 0 Å². The second kappa shape index (κ2) is 7.08. The van der Waals surface area contributed by atoms with E-state index in [9.17, 15) is 0 Å². The molecule has 4 rings (SSSR count). The minimum atomic E-state index is 0.483. The number of nitrogens with zero attached hydrogens (tertiary/aromatic N) is 3. The van der Waals surface area contributed by atoms with Gasteiger partial charge in [-0.1, -0.05) is 41.9 Å². The van der Waals surface area contributed by atoms with Gasteiger partial charge in [-0.3, -0.25) is 0 Å². The van der Waals surface area contributed by atoms with Crippen molar-refractivity contribution >= 4 is 17.4 Å². The third-order valence-electron chi connectivity index (χ3n) is 4.82. The number of anilines is 1. The highest BCUT2D eigenvalue weighted by atomic mass is 35.5. The average Bonchev–Trinajstić information content (AvgIpc) is 3.46. The van der Waals surface area contributed by atoms with Gasteiger partial charge in [0.05, 0.1) is 0 Å². The quantitative estimate of drug-likeness (QED) is 0.840. The van der Waals surface area contributed by atoms with E-state index in [0.29, 0.717) is 17.1 Å². The predicted molar refractivity (Wildman–Crippen MR) is 97.5 cm³/mol. The van der Waals surface area contributed by atoms with Gasteiger partial charge < -0.3 is 10.2 Å². The summed E-state index contributed by atoms with van der Waals surface area (Å²) in [5.74, 6) is 2.44. The minimum Gasteiger partial charge on any atom is -0.355 e. The van der Waals surface area contributed by atoms with Gasteiger partial charge in [-0.15, -0.1) is 0 Å². The summed E-state index contributed by atoms with van der Waals surface area (Å²) in [6.45, 7) is 2.93. The topological polar surface area (TPSA) is 41.0 Å². The molecule has 24 heavy (non-hydrogen) atoms. The Bertz CT molecular complexity index is 687. The highest BCUT2D eigenvalue weighted by Crippen LogP contribution is 2.39. The lowest BCUT2D eigenvalue weighted by atomic mass is 10.1. The predicted octanol–water partition coefficient (Wildman–Crippen LogP) is 3.77. The van der Waals surface area contributed by atoms with Gasteiger partial charge in [0.2, 0.25) is 0 Å². The first-order valence-corrected chi connectivity index (χ1v) is 9.22. The second-order valence-corrected chi connectivity index (χ2v) is 7.22. The van der Waals surface area contributed by atoms with Crippen molar-refractivity contribution < 1.29 is 0 Å². The molecule has 5 heteroatoms. The van der Waals surface area contributed by atoms with Crippen LogP contribution >= 0.6 is 11.6 Å². The van der Waals surface area contributed by atoms with Crippen LogP contribution in [0.15, 0.2) is 36.4 Å². The highest BCUT2D eigenvalue weighted by Gasteiger charge is 2.28. The molecule has 1 saturated carbocycles. The van der Waals surface area contributed by atoms with E-state index in [1.807, 2.05) is 6.07 Å². The van der Waals surface area contributed by atoms with Crippen molar-refractivity contribution in [3.8, 4) is 0 Å². The molecule has 126 valence electrons.